The minimum absolute atomic E-state index is 0.0204. The third-order valence-corrected chi connectivity index (χ3v) is 9.86. The van der Waals surface area contributed by atoms with Crippen molar-refractivity contribution in [1.82, 2.24) is 9.97 Å². The van der Waals surface area contributed by atoms with Crippen molar-refractivity contribution in [2.75, 3.05) is 0 Å². The maximum absolute atomic E-state index is 6.68. The van der Waals surface area contributed by atoms with Crippen LogP contribution in [0.15, 0.2) is 155 Å². The van der Waals surface area contributed by atoms with E-state index < -0.39 is 0 Å². The number of nitrogens with zero attached hydrogens (tertiary/aromatic N) is 2. The predicted octanol–water partition coefficient (Wildman–Crippen LogP) is 13.0. The highest BCUT2D eigenvalue weighted by atomic mass is 16.3. The van der Waals surface area contributed by atoms with Crippen LogP contribution in [0.2, 0.25) is 0 Å². The van der Waals surface area contributed by atoms with Gasteiger partial charge in [-0.1, -0.05) is 135 Å². The minimum atomic E-state index is 0.0204. The molecule has 0 bridgehead atoms. The Kier molecular flexibility index (Phi) is 7.89. The summed E-state index contributed by atoms with van der Waals surface area (Å²) in [6.07, 6.45) is 13.8. The molecule has 0 N–H and O–H groups in total. The van der Waals surface area contributed by atoms with Crippen LogP contribution in [0.4, 0.5) is 0 Å². The number of para-hydroxylation sites is 1. The van der Waals surface area contributed by atoms with E-state index in [4.69, 9.17) is 14.4 Å². The summed E-state index contributed by atoms with van der Waals surface area (Å²) in [5.74, 6) is 0.0204. The third-order valence-electron chi connectivity index (χ3n) is 9.86. The van der Waals surface area contributed by atoms with E-state index in [9.17, 15) is 0 Å². The second kappa shape index (κ2) is 12.7. The highest BCUT2D eigenvalue weighted by Crippen LogP contribution is 2.43. The van der Waals surface area contributed by atoms with Gasteiger partial charge in [-0.15, -0.1) is 0 Å². The maximum atomic E-state index is 6.68. The van der Waals surface area contributed by atoms with E-state index in [-0.39, 0.29) is 5.92 Å². The van der Waals surface area contributed by atoms with Crippen molar-refractivity contribution in [1.29, 1.82) is 0 Å². The fourth-order valence-electron chi connectivity index (χ4n) is 7.43. The van der Waals surface area contributed by atoms with E-state index in [0.29, 0.717) is 0 Å². The van der Waals surface area contributed by atoms with Crippen LogP contribution >= 0.6 is 0 Å². The summed E-state index contributed by atoms with van der Waals surface area (Å²) >= 11 is 0. The van der Waals surface area contributed by atoms with Crippen LogP contribution in [0.25, 0.3) is 70.9 Å². The summed E-state index contributed by atoms with van der Waals surface area (Å²) in [5.41, 5.74) is 9.17. The standard InChI is InChI=1S/C46H38N2O/c1-5-7-18-32(30(4)40-27-31-17-9-10-20-34(31)43-39-25-15-16-26-42(39)49-46(40)43)29(3)33(19-8-6-2)41-28-47-44-37-23-13-11-21-35(37)36-22-12-14-24-38(36)45(44)48-41/h5,7-28,30H,6H2,1-4H3. The van der Waals surface area contributed by atoms with Crippen molar-refractivity contribution in [3.63, 3.8) is 0 Å². The molecule has 1 unspecified atom stereocenters. The molecule has 238 valence electrons. The Hall–Kier alpha value is -5.80. The fraction of sp³-hybridized carbons (Fsp3) is 0.130. The van der Waals surface area contributed by atoms with Crippen molar-refractivity contribution in [3.05, 3.63) is 162 Å². The van der Waals surface area contributed by atoms with Gasteiger partial charge in [0, 0.05) is 38.6 Å². The van der Waals surface area contributed by atoms with E-state index in [2.05, 4.69) is 155 Å². The van der Waals surface area contributed by atoms with Crippen LogP contribution in [0, 0.1) is 0 Å². The molecule has 3 heteroatoms. The van der Waals surface area contributed by atoms with Gasteiger partial charge in [0.25, 0.3) is 0 Å². The molecule has 0 saturated heterocycles. The molecule has 0 aliphatic heterocycles. The molecule has 49 heavy (non-hydrogen) atoms. The lowest BCUT2D eigenvalue weighted by molar-refractivity contribution is 0.659. The number of rotatable bonds is 7. The molecular formula is C46H38N2O. The molecule has 0 saturated carbocycles. The predicted molar refractivity (Wildman–Crippen MR) is 209 cm³/mol. The number of hydrogen-bond acceptors (Lipinski definition) is 3. The van der Waals surface area contributed by atoms with Gasteiger partial charge >= 0.3 is 0 Å². The van der Waals surface area contributed by atoms with E-state index >= 15 is 0 Å². The van der Waals surface area contributed by atoms with E-state index in [0.717, 1.165) is 61.6 Å². The summed E-state index contributed by atoms with van der Waals surface area (Å²) in [5, 5.41) is 9.36. The maximum Gasteiger partial charge on any atom is 0.139 e. The van der Waals surface area contributed by atoms with Crippen molar-refractivity contribution in [2.45, 2.75) is 40.0 Å². The highest BCUT2D eigenvalue weighted by molar-refractivity contribution is 6.23. The first-order valence-corrected chi connectivity index (χ1v) is 17.2. The smallest absolute Gasteiger partial charge is 0.139 e. The molecule has 0 aliphatic rings. The number of furan rings is 1. The number of benzene rings is 6. The third kappa shape index (κ3) is 5.14. The Bertz CT molecular complexity index is 2650. The Morgan fingerprint density at radius 1 is 0.776 bits per heavy atom. The normalized spacial score (nSPS) is 14.0. The van der Waals surface area contributed by atoms with Gasteiger partial charge in [-0.3, -0.25) is 4.98 Å². The van der Waals surface area contributed by atoms with Crippen molar-refractivity contribution >= 4 is 70.9 Å². The largest absolute Gasteiger partial charge is 0.456 e. The van der Waals surface area contributed by atoms with Crippen LogP contribution in [0.5, 0.6) is 0 Å². The molecular weight excluding hydrogens is 597 g/mol. The topological polar surface area (TPSA) is 38.9 Å². The Balaban J connectivity index is 1.37. The van der Waals surface area contributed by atoms with Crippen LogP contribution in [0.1, 0.15) is 51.3 Å². The van der Waals surface area contributed by atoms with Gasteiger partial charge in [0.2, 0.25) is 0 Å². The minimum Gasteiger partial charge on any atom is -0.456 e. The fourth-order valence-corrected chi connectivity index (χ4v) is 7.43. The van der Waals surface area contributed by atoms with Crippen molar-refractivity contribution in [2.24, 2.45) is 0 Å². The Morgan fingerprint density at radius 3 is 2.12 bits per heavy atom. The summed E-state index contributed by atoms with van der Waals surface area (Å²) in [7, 11) is 0. The second-order valence-electron chi connectivity index (χ2n) is 12.8. The number of aromatic nitrogens is 2. The summed E-state index contributed by atoms with van der Waals surface area (Å²) in [4.78, 5) is 10.5. The number of fused-ring (bicyclic) bond motifs is 11. The van der Waals surface area contributed by atoms with Gasteiger partial charge in [0.1, 0.15) is 11.2 Å². The zero-order valence-corrected chi connectivity index (χ0v) is 28.4. The molecule has 0 spiro atoms. The van der Waals surface area contributed by atoms with Gasteiger partial charge in [-0.2, -0.15) is 0 Å². The SMILES string of the molecule is CC=CC=C(C(C)=C(C=CCC)c1cnc2c3ccccc3c3ccccc3c2n1)C(C)c1cc2ccccc2c2c1oc1ccccc12. The van der Waals surface area contributed by atoms with Crippen LogP contribution < -0.4 is 0 Å². The Labute approximate surface area is 286 Å². The van der Waals surface area contributed by atoms with Crippen molar-refractivity contribution in [3.8, 4) is 0 Å². The first kappa shape index (κ1) is 30.5. The molecule has 8 aromatic rings. The van der Waals surface area contributed by atoms with Crippen LogP contribution in [-0.4, -0.2) is 9.97 Å². The number of hydrogen-bond donors (Lipinski definition) is 0. The lowest BCUT2D eigenvalue weighted by Gasteiger charge is -2.21. The first-order valence-electron chi connectivity index (χ1n) is 17.2. The quantitative estimate of drug-likeness (QED) is 0.129. The van der Waals surface area contributed by atoms with Crippen molar-refractivity contribution < 1.29 is 4.42 Å². The summed E-state index contributed by atoms with van der Waals surface area (Å²) < 4.78 is 6.68. The number of allylic oxidation sites excluding steroid dienone is 8. The van der Waals surface area contributed by atoms with Gasteiger partial charge in [0.05, 0.1) is 22.9 Å². The molecule has 6 aromatic carbocycles. The summed E-state index contributed by atoms with van der Waals surface area (Å²) in [6, 6.07) is 36.4. The Morgan fingerprint density at radius 2 is 1.41 bits per heavy atom. The van der Waals surface area contributed by atoms with E-state index in [1.165, 1.54) is 38.1 Å². The molecule has 2 aromatic heterocycles. The molecule has 0 fully saturated rings. The average molecular weight is 635 g/mol. The van der Waals surface area contributed by atoms with Crippen LogP contribution in [-0.2, 0) is 0 Å². The van der Waals surface area contributed by atoms with Crippen LogP contribution in [0.3, 0.4) is 0 Å². The summed E-state index contributed by atoms with van der Waals surface area (Å²) in [6.45, 7) is 8.75. The zero-order chi connectivity index (χ0) is 33.5. The molecule has 1 atom stereocenters. The zero-order valence-electron chi connectivity index (χ0n) is 28.4. The monoisotopic (exact) mass is 634 g/mol. The van der Waals surface area contributed by atoms with Gasteiger partial charge in [-0.05, 0) is 65.1 Å². The van der Waals surface area contributed by atoms with Gasteiger partial charge in [0.15, 0.2) is 0 Å². The van der Waals surface area contributed by atoms with E-state index in [1.807, 2.05) is 12.3 Å². The molecule has 3 nitrogen and oxygen atoms in total. The molecule has 0 aliphatic carbocycles. The molecule has 2 heterocycles. The average Bonchev–Trinajstić information content (AvgIpc) is 3.55. The lowest BCUT2D eigenvalue weighted by Crippen LogP contribution is -2.04. The molecule has 8 rings (SSSR count). The highest BCUT2D eigenvalue weighted by Gasteiger charge is 2.23. The van der Waals surface area contributed by atoms with Gasteiger partial charge < -0.3 is 4.42 Å². The lowest BCUT2D eigenvalue weighted by atomic mass is 9.83. The second-order valence-corrected chi connectivity index (χ2v) is 12.8. The van der Waals surface area contributed by atoms with Gasteiger partial charge in [-0.25, -0.2) is 4.98 Å². The molecule has 0 radical (unpaired) electrons. The first-order chi connectivity index (χ1) is 24.1. The molecule has 0 amide bonds. The van der Waals surface area contributed by atoms with E-state index in [1.54, 1.807) is 0 Å².